The van der Waals surface area contributed by atoms with Crippen molar-refractivity contribution in [2.75, 3.05) is 19.8 Å². The van der Waals surface area contributed by atoms with Gasteiger partial charge < -0.3 is 20.5 Å². The lowest BCUT2D eigenvalue weighted by Crippen LogP contribution is -2.52. The molecular formula is C28H29ClFN3O3. The minimum atomic E-state index is -0.807. The SMILES string of the molecule is NCc1ccc(C(O)CC2C(=C=O)N(COc3ccc(Cl)cc3)CCN2Cc2ccc(F)cc2)cc1. The Bertz CT molecular complexity index is 1180. The van der Waals surface area contributed by atoms with E-state index >= 15 is 0 Å². The molecule has 1 saturated heterocycles. The molecule has 1 heterocycles. The zero-order valence-electron chi connectivity index (χ0n) is 19.8. The molecule has 3 aromatic rings. The van der Waals surface area contributed by atoms with Crippen molar-refractivity contribution in [3.8, 4) is 5.75 Å². The largest absolute Gasteiger partial charge is 0.473 e. The molecule has 0 aromatic heterocycles. The van der Waals surface area contributed by atoms with Crippen LogP contribution < -0.4 is 10.5 Å². The van der Waals surface area contributed by atoms with Crippen molar-refractivity contribution in [3.05, 3.63) is 106 Å². The average molecular weight is 510 g/mol. The molecule has 8 heteroatoms. The number of benzene rings is 3. The molecule has 0 radical (unpaired) electrons. The van der Waals surface area contributed by atoms with E-state index in [0.29, 0.717) is 42.6 Å². The van der Waals surface area contributed by atoms with Crippen molar-refractivity contribution >= 4 is 17.5 Å². The topological polar surface area (TPSA) is 79.0 Å². The Balaban J connectivity index is 1.54. The van der Waals surface area contributed by atoms with E-state index in [0.717, 1.165) is 16.7 Å². The van der Waals surface area contributed by atoms with Crippen molar-refractivity contribution in [1.82, 2.24) is 9.80 Å². The number of hydrogen-bond donors (Lipinski definition) is 2. The van der Waals surface area contributed by atoms with Crippen molar-refractivity contribution < 1.29 is 19.0 Å². The smallest absolute Gasteiger partial charge is 0.161 e. The van der Waals surface area contributed by atoms with Crippen LogP contribution in [0.25, 0.3) is 0 Å². The second-order valence-electron chi connectivity index (χ2n) is 8.79. The predicted molar refractivity (Wildman–Crippen MR) is 137 cm³/mol. The number of aliphatic hydroxyl groups is 1. The van der Waals surface area contributed by atoms with E-state index in [9.17, 15) is 14.3 Å². The van der Waals surface area contributed by atoms with Gasteiger partial charge in [-0.25, -0.2) is 9.18 Å². The van der Waals surface area contributed by atoms with Gasteiger partial charge in [-0.1, -0.05) is 48.0 Å². The van der Waals surface area contributed by atoms with Gasteiger partial charge in [-0.3, -0.25) is 4.90 Å². The first-order chi connectivity index (χ1) is 17.5. The second kappa shape index (κ2) is 12.2. The van der Waals surface area contributed by atoms with Crippen LogP contribution in [0.3, 0.4) is 0 Å². The number of nitrogens with zero attached hydrogens (tertiary/aromatic N) is 2. The standard InChI is InChI=1S/C28H29ClFN3O3/c29-23-7-11-25(12-8-23)36-19-33-14-13-32(17-21-3-9-24(30)10-4-21)26(27(33)18-34)15-28(35)22-5-1-20(16-31)2-6-22/h1-12,26,28,35H,13-17,19,31H2. The quantitative estimate of drug-likeness (QED) is 0.419. The summed E-state index contributed by atoms with van der Waals surface area (Å²) in [4.78, 5) is 16.2. The first kappa shape index (κ1) is 25.9. The second-order valence-corrected chi connectivity index (χ2v) is 9.22. The molecule has 1 aliphatic rings. The van der Waals surface area contributed by atoms with Crippen LogP contribution in [0, 0.1) is 5.82 Å². The zero-order valence-corrected chi connectivity index (χ0v) is 20.6. The maximum Gasteiger partial charge on any atom is 0.161 e. The van der Waals surface area contributed by atoms with Crippen LogP contribution in [0.4, 0.5) is 4.39 Å². The summed E-state index contributed by atoms with van der Waals surface area (Å²) in [7, 11) is 0. The summed E-state index contributed by atoms with van der Waals surface area (Å²) < 4.78 is 19.3. The third-order valence-corrected chi connectivity index (χ3v) is 6.66. The minimum Gasteiger partial charge on any atom is -0.473 e. The summed E-state index contributed by atoms with van der Waals surface area (Å²) in [5, 5.41) is 11.7. The van der Waals surface area contributed by atoms with E-state index in [-0.39, 0.29) is 19.0 Å². The molecule has 0 spiro atoms. The lowest BCUT2D eigenvalue weighted by atomic mass is 9.96. The van der Waals surface area contributed by atoms with Gasteiger partial charge in [0.05, 0.1) is 12.1 Å². The number of halogens is 2. The molecule has 188 valence electrons. The van der Waals surface area contributed by atoms with E-state index < -0.39 is 12.1 Å². The highest BCUT2D eigenvalue weighted by Crippen LogP contribution is 2.30. The van der Waals surface area contributed by atoms with Crippen molar-refractivity contribution in [1.29, 1.82) is 0 Å². The fourth-order valence-corrected chi connectivity index (χ4v) is 4.48. The van der Waals surface area contributed by atoms with E-state index in [1.165, 1.54) is 12.1 Å². The highest BCUT2D eigenvalue weighted by atomic mass is 35.5. The monoisotopic (exact) mass is 509 g/mol. The van der Waals surface area contributed by atoms with E-state index in [1.807, 2.05) is 29.2 Å². The van der Waals surface area contributed by atoms with E-state index in [1.54, 1.807) is 36.4 Å². The summed E-state index contributed by atoms with van der Waals surface area (Å²) in [6, 6.07) is 20.4. The number of piperazine rings is 1. The van der Waals surface area contributed by atoms with Crippen LogP contribution in [0.2, 0.25) is 5.02 Å². The Hall–Kier alpha value is -3.19. The number of aliphatic hydroxyl groups excluding tert-OH is 1. The van der Waals surface area contributed by atoms with Gasteiger partial charge >= 0.3 is 0 Å². The van der Waals surface area contributed by atoms with Crippen LogP contribution in [-0.2, 0) is 17.9 Å². The Morgan fingerprint density at radius 3 is 2.33 bits per heavy atom. The van der Waals surface area contributed by atoms with Crippen molar-refractivity contribution in [3.63, 3.8) is 0 Å². The van der Waals surface area contributed by atoms with Crippen LogP contribution in [0.1, 0.15) is 29.2 Å². The maximum atomic E-state index is 13.4. The third-order valence-electron chi connectivity index (χ3n) is 6.41. The molecule has 1 aliphatic heterocycles. The lowest BCUT2D eigenvalue weighted by molar-refractivity contribution is 0.0409. The maximum absolute atomic E-state index is 13.4. The first-order valence-corrected chi connectivity index (χ1v) is 12.2. The molecule has 3 N–H and O–H groups in total. The van der Waals surface area contributed by atoms with Gasteiger partial charge in [0.2, 0.25) is 0 Å². The van der Waals surface area contributed by atoms with Gasteiger partial charge in [0.25, 0.3) is 0 Å². The van der Waals surface area contributed by atoms with Crippen molar-refractivity contribution in [2.45, 2.75) is 31.7 Å². The molecule has 36 heavy (non-hydrogen) atoms. The molecule has 4 rings (SSSR count). The van der Waals surface area contributed by atoms with Crippen LogP contribution >= 0.6 is 11.6 Å². The highest BCUT2D eigenvalue weighted by Gasteiger charge is 2.34. The van der Waals surface area contributed by atoms with Gasteiger partial charge in [-0.05, 0) is 59.5 Å². The molecule has 0 bridgehead atoms. The Labute approximate surface area is 215 Å². The summed E-state index contributed by atoms with van der Waals surface area (Å²) in [6.45, 7) is 2.24. The summed E-state index contributed by atoms with van der Waals surface area (Å²) in [5.74, 6) is 2.44. The van der Waals surface area contributed by atoms with Gasteiger partial charge in [-0.2, -0.15) is 0 Å². The summed E-state index contributed by atoms with van der Waals surface area (Å²) in [6.07, 6.45) is -0.524. The fraction of sp³-hybridized carbons (Fsp3) is 0.286. The molecule has 1 fully saturated rings. The Kier molecular flexibility index (Phi) is 8.75. The molecule has 0 saturated carbocycles. The van der Waals surface area contributed by atoms with Gasteiger partial charge in [0.1, 0.15) is 23.2 Å². The lowest BCUT2D eigenvalue weighted by Gasteiger charge is -2.43. The highest BCUT2D eigenvalue weighted by molar-refractivity contribution is 6.30. The number of carbonyl (C=O) groups excluding carboxylic acids is 1. The van der Waals surface area contributed by atoms with Crippen LogP contribution in [-0.4, -0.2) is 46.7 Å². The van der Waals surface area contributed by atoms with Gasteiger partial charge in [0, 0.05) is 31.2 Å². The Morgan fingerprint density at radius 1 is 1.03 bits per heavy atom. The normalized spacial score (nSPS) is 17.1. The van der Waals surface area contributed by atoms with E-state index in [4.69, 9.17) is 22.1 Å². The number of nitrogens with two attached hydrogens (primary N) is 1. The summed E-state index contributed by atoms with van der Waals surface area (Å²) in [5.41, 5.74) is 8.74. The molecule has 6 nitrogen and oxygen atoms in total. The third kappa shape index (κ3) is 6.52. The first-order valence-electron chi connectivity index (χ1n) is 11.8. The Morgan fingerprint density at radius 2 is 1.69 bits per heavy atom. The zero-order chi connectivity index (χ0) is 25.5. The van der Waals surface area contributed by atoms with Crippen LogP contribution in [0.5, 0.6) is 5.75 Å². The fourth-order valence-electron chi connectivity index (χ4n) is 4.36. The molecule has 2 atom stereocenters. The summed E-state index contributed by atoms with van der Waals surface area (Å²) >= 11 is 5.95. The number of hydrogen-bond acceptors (Lipinski definition) is 6. The van der Waals surface area contributed by atoms with Gasteiger partial charge in [0.15, 0.2) is 6.73 Å². The van der Waals surface area contributed by atoms with Crippen LogP contribution in [0.15, 0.2) is 78.5 Å². The number of ether oxygens (including phenoxy) is 1. The van der Waals surface area contributed by atoms with Gasteiger partial charge in [-0.15, -0.1) is 0 Å². The molecule has 0 aliphatic carbocycles. The minimum absolute atomic E-state index is 0.161. The molecule has 0 amide bonds. The van der Waals surface area contributed by atoms with E-state index in [2.05, 4.69) is 10.8 Å². The number of rotatable bonds is 9. The average Bonchev–Trinajstić information content (AvgIpc) is 2.90. The molecule has 2 unspecified atom stereocenters. The molecule has 3 aromatic carbocycles. The molecular weight excluding hydrogens is 481 g/mol. The predicted octanol–water partition coefficient (Wildman–Crippen LogP) is 4.30. The van der Waals surface area contributed by atoms with Crippen molar-refractivity contribution in [2.24, 2.45) is 5.73 Å².